The predicted molar refractivity (Wildman–Crippen MR) is 82.2 cm³/mol. The van der Waals surface area contributed by atoms with Crippen LogP contribution >= 0.6 is 0 Å². The van der Waals surface area contributed by atoms with Crippen LogP contribution in [0.5, 0.6) is 23.5 Å². The Hall–Kier alpha value is -2.83. The number of aromatic nitrogens is 2. The minimum Gasteiger partial charge on any atom is -0.481 e. The van der Waals surface area contributed by atoms with E-state index < -0.39 is 5.97 Å². The van der Waals surface area contributed by atoms with Crippen LogP contribution in [-0.4, -0.2) is 36.8 Å². The van der Waals surface area contributed by atoms with E-state index in [1.807, 2.05) is 6.92 Å². The van der Waals surface area contributed by atoms with Gasteiger partial charge in [0.25, 0.3) is 0 Å². The molecule has 1 aromatic carbocycles. The molecule has 0 N–H and O–H groups in total. The number of ether oxygens (including phenoxy) is 4. The van der Waals surface area contributed by atoms with Crippen molar-refractivity contribution in [3.8, 4) is 23.5 Å². The third kappa shape index (κ3) is 4.32. The maximum absolute atomic E-state index is 12.1. The monoisotopic (exact) mass is 318 g/mol. The topological polar surface area (TPSA) is 79.8 Å². The van der Waals surface area contributed by atoms with Crippen molar-refractivity contribution in [2.75, 3.05) is 20.8 Å². The quantitative estimate of drug-likeness (QED) is 0.726. The van der Waals surface area contributed by atoms with Gasteiger partial charge in [0.15, 0.2) is 0 Å². The summed E-state index contributed by atoms with van der Waals surface area (Å²) < 4.78 is 20.9. The Morgan fingerprint density at radius 3 is 2.35 bits per heavy atom. The van der Waals surface area contributed by atoms with E-state index in [9.17, 15) is 4.79 Å². The van der Waals surface area contributed by atoms with Gasteiger partial charge in [0.05, 0.1) is 26.9 Å². The molecule has 0 saturated carbocycles. The molecule has 7 heteroatoms. The number of benzene rings is 1. The van der Waals surface area contributed by atoms with Crippen molar-refractivity contribution < 1.29 is 23.7 Å². The Labute approximate surface area is 134 Å². The molecule has 0 bridgehead atoms. The maximum Gasteiger partial charge on any atom is 0.341 e. The van der Waals surface area contributed by atoms with E-state index in [2.05, 4.69) is 9.97 Å². The fourth-order valence-corrected chi connectivity index (χ4v) is 1.73. The summed E-state index contributed by atoms with van der Waals surface area (Å²) >= 11 is 0. The van der Waals surface area contributed by atoms with Crippen LogP contribution in [0.25, 0.3) is 0 Å². The average Bonchev–Trinajstić information content (AvgIpc) is 2.59. The lowest BCUT2D eigenvalue weighted by Crippen LogP contribution is -2.08. The van der Waals surface area contributed by atoms with E-state index in [1.165, 1.54) is 20.3 Å². The number of carbonyl (C=O) groups is 1. The minimum atomic E-state index is -0.461. The number of esters is 1. The molecule has 0 amide bonds. The summed E-state index contributed by atoms with van der Waals surface area (Å²) in [4.78, 5) is 20.2. The number of nitrogens with zero attached hydrogens (tertiary/aromatic N) is 2. The first kappa shape index (κ1) is 16.5. The molecule has 122 valence electrons. The van der Waals surface area contributed by atoms with Gasteiger partial charge < -0.3 is 18.9 Å². The summed E-state index contributed by atoms with van der Waals surface area (Å²) in [6.07, 6.45) is 0.741. The van der Waals surface area contributed by atoms with Gasteiger partial charge in [-0.2, -0.15) is 9.97 Å². The zero-order valence-corrected chi connectivity index (χ0v) is 13.2. The Morgan fingerprint density at radius 1 is 1.09 bits per heavy atom. The minimum absolute atomic E-state index is 0.0111. The normalized spacial score (nSPS) is 10.0. The maximum atomic E-state index is 12.1. The van der Waals surface area contributed by atoms with Crippen LogP contribution in [-0.2, 0) is 4.74 Å². The van der Waals surface area contributed by atoms with Crippen LogP contribution in [0, 0.1) is 0 Å². The first-order valence-corrected chi connectivity index (χ1v) is 7.09. The molecule has 0 aliphatic carbocycles. The molecule has 0 saturated heterocycles. The van der Waals surface area contributed by atoms with Crippen molar-refractivity contribution in [1.29, 1.82) is 0 Å². The van der Waals surface area contributed by atoms with Gasteiger partial charge in [0.1, 0.15) is 11.3 Å². The van der Waals surface area contributed by atoms with Crippen LogP contribution in [0.4, 0.5) is 0 Å². The van der Waals surface area contributed by atoms with Crippen LogP contribution in [0.15, 0.2) is 30.3 Å². The molecule has 0 spiro atoms. The van der Waals surface area contributed by atoms with E-state index in [0.29, 0.717) is 17.9 Å². The molecular formula is C16H18N2O5. The zero-order chi connectivity index (χ0) is 16.7. The number of carbonyl (C=O) groups excluding carboxylic acids is 1. The van der Waals surface area contributed by atoms with Gasteiger partial charge in [-0.15, -0.1) is 0 Å². The summed E-state index contributed by atoms with van der Waals surface area (Å²) in [5.41, 5.74) is 0.298. The standard InChI is InChI=1S/C16H18N2O5/c1-4-9-22-15(19)11-7-5-6-8-12(11)23-16-17-13(20-2)10-14(18-16)21-3/h5-8,10H,4,9H2,1-3H3. The third-order valence-electron chi connectivity index (χ3n) is 2.82. The molecule has 0 radical (unpaired) electrons. The van der Waals surface area contributed by atoms with Gasteiger partial charge in [-0.25, -0.2) is 4.79 Å². The second-order valence-electron chi connectivity index (χ2n) is 4.47. The number of rotatable bonds is 7. The molecule has 7 nitrogen and oxygen atoms in total. The summed E-state index contributed by atoms with van der Waals surface area (Å²) in [6, 6.07) is 8.25. The molecule has 0 unspecified atom stereocenters. The van der Waals surface area contributed by atoms with E-state index in [0.717, 1.165) is 6.42 Å². The van der Waals surface area contributed by atoms with Crippen molar-refractivity contribution in [3.05, 3.63) is 35.9 Å². The van der Waals surface area contributed by atoms with Gasteiger partial charge in [0.2, 0.25) is 11.8 Å². The Kier molecular flexibility index (Phi) is 5.74. The summed E-state index contributed by atoms with van der Waals surface area (Å²) in [5.74, 6) is 0.414. The van der Waals surface area contributed by atoms with Crippen LogP contribution in [0.3, 0.4) is 0 Å². The molecule has 0 atom stereocenters. The molecule has 2 aromatic rings. The van der Waals surface area contributed by atoms with E-state index >= 15 is 0 Å². The lowest BCUT2D eigenvalue weighted by atomic mass is 10.2. The highest BCUT2D eigenvalue weighted by atomic mass is 16.5. The van der Waals surface area contributed by atoms with Crippen LogP contribution < -0.4 is 14.2 Å². The number of hydrogen-bond donors (Lipinski definition) is 0. The summed E-state index contributed by atoms with van der Waals surface area (Å²) in [5, 5.41) is 0. The molecule has 0 aliphatic rings. The highest BCUT2D eigenvalue weighted by molar-refractivity contribution is 5.92. The second-order valence-corrected chi connectivity index (χ2v) is 4.47. The smallest absolute Gasteiger partial charge is 0.341 e. The van der Waals surface area contributed by atoms with Crippen molar-refractivity contribution in [2.24, 2.45) is 0 Å². The number of para-hydroxylation sites is 1. The lowest BCUT2D eigenvalue weighted by Gasteiger charge is -2.10. The molecule has 0 aliphatic heterocycles. The molecule has 1 aromatic heterocycles. The Bertz CT molecular complexity index is 653. The van der Waals surface area contributed by atoms with E-state index in [1.54, 1.807) is 24.3 Å². The summed E-state index contributed by atoms with van der Waals surface area (Å²) in [7, 11) is 2.95. The highest BCUT2D eigenvalue weighted by Gasteiger charge is 2.16. The highest BCUT2D eigenvalue weighted by Crippen LogP contribution is 2.26. The van der Waals surface area contributed by atoms with Crippen molar-refractivity contribution in [2.45, 2.75) is 13.3 Å². The van der Waals surface area contributed by atoms with Crippen LogP contribution in [0.1, 0.15) is 23.7 Å². The first-order chi connectivity index (χ1) is 11.2. The molecule has 1 heterocycles. The molecule has 23 heavy (non-hydrogen) atoms. The largest absolute Gasteiger partial charge is 0.481 e. The Morgan fingerprint density at radius 2 is 1.74 bits per heavy atom. The van der Waals surface area contributed by atoms with Gasteiger partial charge >= 0.3 is 12.0 Å². The molecule has 0 fully saturated rings. The zero-order valence-electron chi connectivity index (χ0n) is 13.2. The van der Waals surface area contributed by atoms with Crippen molar-refractivity contribution in [3.63, 3.8) is 0 Å². The molecule has 2 rings (SSSR count). The number of hydrogen-bond acceptors (Lipinski definition) is 7. The second kappa shape index (κ2) is 7.98. The van der Waals surface area contributed by atoms with Gasteiger partial charge in [-0.3, -0.25) is 0 Å². The predicted octanol–water partition coefficient (Wildman–Crippen LogP) is 2.85. The number of methoxy groups -OCH3 is 2. The van der Waals surface area contributed by atoms with Gasteiger partial charge in [-0.05, 0) is 18.6 Å². The average molecular weight is 318 g/mol. The molecular weight excluding hydrogens is 300 g/mol. The van der Waals surface area contributed by atoms with E-state index in [4.69, 9.17) is 18.9 Å². The summed E-state index contributed by atoms with van der Waals surface area (Å²) in [6.45, 7) is 2.27. The fraction of sp³-hybridized carbons (Fsp3) is 0.312. The van der Waals surface area contributed by atoms with Crippen molar-refractivity contribution in [1.82, 2.24) is 9.97 Å². The Balaban J connectivity index is 2.28. The lowest BCUT2D eigenvalue weighted by molar-refractivity contribution is 0.0502. The SMILES string of the molecule is CCCOC(=O)c1ccccc1Oc1nc(OC)cc(OC)n1. The van der Waals surface area contributed by atoms with E-state index in [-0.39, 0.29) is 17.8 Å². The van der Waals surface area contributed by atoms with Gasteiger partial charge in [0, 0.05) is 0 Å². The first-order valence-electron chi connectivity index (χ1n) is 7.09. The van der Waals surface area contributed by atoms with Crippen molar-refractivity contribution >= 4 is 5.97 Å². The van der Waals surface area contributed by atoms with Crippen LogP contribution in [0.2, 0.25) is 0 Å². The fourth-order valence-electron chi connectivity index (χ4n) is 1.73. The van der Waals surface area contributed by atoms with Gasteiger partial charge in [-0.1, -0.05) is 19.1 Å². The third-order valence-corrected chi connectivity index (χ3v) is 2.82.